The Morgan fingerprint density at radius 3 is 2.95 bits per heavy atom. The van der Waals surface area contributed by atoms with Crippen molar-refractivity contribution in [3.63, 3.8) is 0 Å². The summed E-state index contributed by atoms with van der Waals surface area (Å²) in [6.45, 7) is 5.53. The SMILES string of the molecule is CCC(c1nc2ccc(F)cc2[nH]1)N1CCOCC1. The molecule has 1 N–H and O–H groups in total. The fourth-order valence-corrected chi connectivity index (χ4v) is 2.67. The average Bonchev–Trinajstić information content (AvgIpc) is 2.83. The number of rotatable bonds is 3. The van der Waals surface area contributed by atoms with E-state index in [-0.39, 0.29) is 11.9 Å². The summed E-state index contributed by atoms with van der Waals surface area (Å²) in [4.78, 5) is 10.2. The summed E-state index contributed by atoms with van der Waals surface area (Å²) in [5.74, 6) is 0.687. The summed E-state index contributed by atoms with van der Waals surface area (Å²) < 4.78 is 18.6. The third-order valence-electron chi connectivity index (χ3n) is 3.65. The minimum Gasteiger partial charge on any atom is -0.379 e. The lowest BCUT2D eigenvalue weighted by Gasteiger charge is -2.32. The first-order valence-electron chi connectivity index (χ1n) is 6.75. The number of aromatic nitrogens is 2. The van der Waals surface area contributed by atoms with E-state index in [4.69, 9.17) is 4.74 Å². The number of aromatic amines is 1. The van der Waals surface area contributed by atoms with E-state index in [1.54, 1.807) is 6.07 Å². The van der Waals surface area contributed by atoms with Crippen LogP contribution in [-0.2, 0) is 4.74 Å². The fourth-order valence-electron chi connectivity index (χ4n) is 2.67. The highest BCUT2D eigenvalue weighted by Gasteiger charge is 2.23. The van der Waals surface area contributed by atoms with Gasteiger partial charge in [0, 0.05) is 13.1 Å². The lowest BCUT2D eigenvalue weighted by atomic mass is 10.1. The zero-order valence-electron chi connectivity index (χ0n) is 11.0. The molecular formula is C14H18FN3O. The van der Waals surface area contributed by atoms with Crippen LogP contribution < -0.4 is 0 Å². The van der Waals surface area contributed by atoms with Gasteiger partial charge in [-0.05, 0) is 24.6 Å². The van der Waals surface area contributed by atoms with Crippen LogP contribution in [0, 0.1) is 5.82 Å². The summed E-state index contributed by atoms with van der Waals surface area (Å²) in [6, 6.07) is 4.91. The molecule has 2 heterocycles. The molecule has 5 heteroatoms. The summed E-state index contributed by atoms with van der Waals surface area (Å²) >= 11 is 0. The molecule has 1 fully saturated rings. The smallest absolute Gasteiger partial charge is 0.125 e. The molecule has 4 nitrogen and oxygen atoms in total. The monoisotopic (exact) mass is 263 g/mol. The molecule has 0 bridgehead atoms. The van der Waals surface area contributed by atoms with Gasteiger partial charge in [0.1, 0.15) is 11.6 Å². The minimum absolute atomic E-state index is 0.234. The molecule has 1 unspecified atom stereocenters. The summed E-state index contributed by atoms with van der Waals surface area (Å²) in [5.41, 5.74) is 1.59. The Labute approximate surface area is 111 Å². The highest BCUT2D eigenvalue weighted by Crippen LogP contribution is 2.25. The van der Waals surface area contributed by atoms with Gasteiger partial charge >= 0.3 is 0 Å². The second-order valence-electron chi connectivity index (χ2n) is 4.86. The Hall–Kier alpha value is -1.46. The van der Waals surface area contributed by atoms with Crippen LogP contribution in [0.1, 0.15) is 25.2 Å². The lowest BCUT2D eigenvalue weighted by Crippen LogP contribution is -2.39. The largest absolute Gasteiger partial charge is 0.379 e. The molecule has 1 saturated heterocycles. The van der Waals surface area contributed by atoms with Crippen LogP contribution >= 0.6 is 0 Å². The van der Waals surface area contributed by atoms with E-state index in [1.165, 1.54) is 12.1 Å². The number of halogens is 1. The number of H-pyrrole nitrogens is 1. The van der Waals surface area contributed by atoms with Crippen LogP contribution in [0.5, 0.6) is 0 Å². The van der Waals surface area contributed by atoms with Crippen molar-refractivity contribution < 1.29 is 9.13 Å². The van der Waals surface area contributed by atoms with E-state index >= 15 is 0 Å². The standard InChI is InChI=1S/C14H18FN3O/c1-2-13(18-5-7-19-8-6-18)14-16-11-4-3-10(15)9-12(11)17-14/h3-4,9,13H,2,5-8H2,1H3,(H,16,17). The molecule has 1 atom stereocenters. The number of nitrogens with one attached hydrogen (secondary N) is 1. The molecule has 1 aliphatic rings. The van der Waals surface area contributed by atoms with Gasteiger partial charge in [-0.1, -0.05) is 6.92 Å². The molecule has 0 spiro atoms. The van der Waals surface area contributed by atoms with Crippen molar-refractivity contribution >= 4 is 11.0 Å². The van der Waals surface area contributed by atoms with Crippen molar-refractivity contribution in [2.75, 3.05) is 26.3 Å². The van der Waals surface area contributed by atoms with Gasteiger partial charge in [-0.15, -0.1) is 0 Å². The van der Waals surface area contributed by atoms with Crippen LogP contribution in [0.2, 0.25) is 0 Å². The van der Waals surface area contributed by atoms with Gasteiger partial charge in [-0.2, -0.15) is 0 Å². The van der Waals surface area contributed by atoms with Crippen LogP contribution in [0.15, 0.2) is 18.2 Å². The lowest BCUT2D eigenvalue weighted by molar-refractivity contribution is 0.0136. The van der Waals surface area contributed by atoms with Crippen molar-refractivity contribution in [3.8, 4) is 0 Å². The maximum atomic E-state index is 13.2. The molecule has 1 aromatic heterocycles. The molecule has 0 radical (unpaired) electrons. The van der Waals surface area contributed by atoms with Gasteiger partial charge in [0.2, 0.25) is 0 Å². The van der Waals surface area contributed by atoms with Crippen LogP contribution in [0.3, 0.4) is 0 Å². The number of hydrogen-bond acceptors (Lipinski definition) is 3. The van der Waals surface area contributed by atoms with E-state index < -0.39 is 0 Å². The molecule has 0 saturated carbocycles. The quantitative estimate of drug-likeness (QED) is 0.925. The maximum Gasteiger partial charge on any atom is 0.125 e. The molecule has 19 heavy (non-hydrogen) atoms. The maximum absolute atomic E-state index is 13.2. The Bertz CT molecular complexity index is 563. The number of imidazole rings is 1. The normalized spacial score (nSPS) is 18.8. The Balaban J connectivity index is 1.91. The predicted octanol–water partition coefficient (Wildman–Crippen LogP) is 2.49. The predicted molar refractivity (Wildman–Crippen MR) is 71.5 cm³/mol. The Morgan fingerprint density at radius 1 is 1.42 bits per heavy atom. The molecule has 0 amide bonds. The molecule has 2 aromatic rings. The minimum atomic E-state index is -0.234. The average molecular weight is 263 g/mol. The number of ether oxygens (including phenoxy) is 1. The van der Waals surface area contributed by atoms with Gasteiger partial charge in [-0.25, -0.2) is 9.37 Å². The van der Waals surface area contributed by atoms with Gasteiger partial charge in [-0.3, -0.25) is 4.90 Å². The molecule has 0 aliphatic carbocycles. The van der Waals surface area contributed by atoms with Crippen molar-refractivity contribution in [3.05, 3.63) is 29.8 Å². The first-order chi connectivity index (χ1) is 9.28. The molecule has 1 aliphatic heterocycles. The van der Waals surface area contributed by atoms with Gasteiger partial charge in [0.25, 0.3) is 0 Å². The first-order valence-corrected chi connectivity index (χ1v) is 6.75. The van der Waals surface area contributed by atoms with E-state index in [2.05, 4.69) is 21.8 Å². The second-order valence-corrected chi connectivity index (χ2v) is 4.86. The zero-order chi connectivity index (χ0) is 13.2. The summed E-state index contributed by atoms with van der Waals surface area (Å²) in [6.07, 6.45) is 0.975. The van der Waals surface area contributed by atoms with Crippen molar-refractivity contribution in [1.82, 2.24) is 14.9 Å². The van der Waals surface area contributed by atoms with E-state index in [1.807, 2.05) is 0 Å². The number of nitrogens with zero attached hydrogens (tertiary/aromatic N) is 2. The molecule has 102 valence electrons. The zero-order valence-corrected chi connectivity index (χ0v) is 11.0. The third kappa shape index (κ3) is 2.48. The Morgan fingerprint density at radius 2 is 2.21 bits per heavy atom. The van der Waals surface area contributed by atoms with Gasteiger partial charge < -0.3 is 9.72 Å². The summed E-state index contributed by atoms with van der Waals surface area (Å²) in [5, 5.41) is 0. The van der Waals surface area contributed by atoms with Crippen LogP contribution in [0.4, 0.5) is 4.39 Å². The first kappa shape index (κ1) is 12.6. The van der Waals surface area contributed by atoms with Crippen LogP contribution in [0.25, 0.3) is 11.0 Å². The molecule has 3 rings (SSSR count). The van der Waals surface area contributed by atoms with Gasteiger partial charge in [0.05, 0.1) is 30.3 Å². The number of fused-ring (bicyclic) bond motifs is 1. The van der Waals surface area contributed by atoms with E-state index in [0.29, 0.717) is 0 Å². The second kappa shape index (κ2) is 5.27. The number of morpholine rings is 1. The highest BCUT2D eigenvalue weighted by molar-refractivity contribution is 5.75. The van der Waals surface area contributed by atoms with E-state index in [9.17, 15) is 4.39 Å². The molecule has 1 aromatic carbocycles. The fraction of sp³-hybridized carbons (Fsp3) is 0.500. The Kier molecular flexibility index (Phi) is 3.48. The topological polar surface area (TPSA) is 41.2 Å². The van der Waals surface area contributed by atoms with Crippen molar-refractivity contribution in [2.24, 2.45) is 0 Å². The summed E-state index contributed by atoms with van der Waals surface area (Å²) in [7, 11) is 0. The van der Waals surface area contributed by atoms with Crippen molar-refractivity contribution in [2.45, 2.75) is 19.4 Å². The van der Waals surface area contributed by atoms with Gasteiger partial charge in [0.15, 0.2) is 0 Å². The third-order valence-corrected chi connectivity index (χ3v) is 3.65. The van der Waals surface area contributed by atoms with Crippen LogP contribution in [-0.4, -0.2) is 41.2 Å². The van der Waals surface area contributed by atoms with E-state index in [0.717, 1.165) is 49.6 Å². The van der Waals surface area contributed by atoms with Crippen molar-refractivity contribution in [1.29, 1.82) is 0 Å². The number of hydrogen-bond donors (Lipinski definition) is 1. The highest BCUT2D eigenvalue weighted by atomic mass is 19.1. The number of benzene rings is 1. The molecular weight excluding hydrogens is 245 g/mol.